The first-order chi connectivity index (χ1) is 14.1. The molecule has 0 spiro atoms. The van der Waals surface area contributed by atoms with E-state index < -0.39 is 0 Å². The van der Waals surface area contributed by atoms with Crippen molar-refractivity contribution in [2.24, 2.45) is 5.10 Å². The predicted molar refractivity (Wildman–Crippen MR) is 113 cm³/mol. The summed E-state index contributed by atoms with van der Waals surface area (Å²) in [7, 11) is 0. The van der Waals surface area contributed by atoms with Gasteiger partial charge in [0.15, 0.2) is 0 Å². The third-order valence-corrected chi connectivity index (χ3v) is 4.74. The minimum absolute atomic E-state index is 0.275. The number of carbonyl (C=O) groups excluding carboxylic acids is 1. The summed E-state index contributed by atoms with van der Waals surface area (Å²) in [6, 6.07) is 15.6. The van der Waals surface area contributed by atoms with Gasteiger partial charge in [-0.15, -0.1) is 0 Å². The molecule has 29 heavy (non-hydrogen) atoms. The number of nitrogens with one attached hydrogen (secondary N) is 1. The van der Waals surface area contributed by atoms with Crippen LogP contribution in [0.5, 0.6) is 0 Å². The number of nitrogens with zero attached hydrogens (tertiary/aromatic N) is 5. The summed E-state index contributed by atoms with van der Waals surface area (Å²) in [5, 5.41) is 8.38. The van der Waals surface area contributed by atoms with Gasteiger partial charge in [0.05, 0.1) is 30.0 Å². The Balaban J connectivity index is 1.40. The van der Waals surface area contributed by atoms with Gasteiger partial charge in [-0.05, 0) is 37.6 Å². The first kappa shape index (κ1) is 18.6. The molecule has 0 radical (unpaired) electrons. The monoisotopic (exact) mass is 386 g/mol. The number of benzene rings is 2. The zero-order valence-corrected chi connectivity index (χ0v) is 16.4. The number of carbonyl (C=O) groups is 1. The summed E-state index contributed by atoms with van der Waals surface area (Å²) >= 11 is 0. The number of rotatable bonds is 6. The van der Waals surface area contributed by atoms with Gasteiger partial charge in [0.2, 0.25) is 0 Å². The fourth-order valence-corrected chi connectivity index (χ4v) is 3.32. The van der Waals surface area contributed by atoms with Gasteiger partial charge in [0.25, 0.3) is 5.91 Å². The SMILES string of the molecule is CCn1c(C)nc2cc(C(=O)N/N=C\c3cnn(Cc4ccccc4)c3)ccc21. The molecule has 0 unspecified atom stereocenters. The zero-order valence-electron chi connectivity index (χ0n) is 16.4. The van der Waals surface area contributed by atoms with Crippen molar-refractivity contribution in [2.45, 2.75) is 26.9 Å². The van der Waals surface area contributed by atoms with Gasteiger partial charge in [-0.2, -0.15) is 10.2 Å². The summed E-state index contributed by atoms with van der Waals surface area (Å²) in [4.78, 5) is 16.9. The molecule has 0 aliphatic heterocycles. The molecule has 146 valence electrons. The Kier molecular flexibility index (Phi) is 5.20. The van der Waals surface area contributed by atoms with Crippen molar-refractivity contribution in [1.82, 2.24) is 24.8 Å². The number of aryl methyl sites for hydroxylation is 2. The minimum atomic E-state index is -0.275. The lowest BCUT2D eigenvalue weighted by Gasteiger charge is -2.03. The average molecular weight is 386 g/mol. The highest BCUT2D eigenvalue weighted by Crippen LogP contribution is 2.17. The van der Waals surface area contributed by atoms with Gasteiger partial charge in [0, 0.05) is 23.9 Å². The van der Waals surface area contributed by atoms with Crippen molar-refractivity contribution < 1.29 is 4.79 Å². The maximum atomic E-state index is 12.4. The molecule has 0 aliphatic rings. The lowest BCUT2D eigenvalue weighted by Crippen LogP contribution is -2.17. The van der Waals surface area contributed by atoms with Crippen LogP contribution in [0.15, 0.2) is 66.0 Å². The van der Waals surface area contributed by atoms with Crippen LogP contribution in [0.25, 0.3) is 11.0 Å². The van der Waals surface area contributed by atoms with Crippen molar-refractivity contribution >= 4 is 23.2 Å². The van der Waals surface area contributed by atoms with E-state index in [4.69, 9.17) is 0 Å². The maximum Gasteiger partial charge on any atom is 0.271 e. The normalized spacial score (nSPS) is 11.4. The van der Waals surface area contributed by atoms with E-state index in [1.807, 2.05) is 42.1 Å². The van der Waals surface area contributed by atoms with E-state index >= 15 is 0 Å². The summed E-state index contributed by atoms with van der Waals surface area (Å²) in [6.45, 7) is 5.57. The van der Waals surface area contributed by atoms with Gasteiger partial charge < -0.3 is 4.57 Å². The van der Waals surface area contributed by atoms with Crippen LogP contribution in [0.3, 0.4) is 0 Å². The van der Waals surface area contributed by atoms with Crippen molar-refractivity contribution in [3.05, 3.63) is 83.4 Å². The van der Waals surface area contributed by atoms with Crippen LogP contribution in [0.2, 0.25) is 0 Å². The summed E-state index contributed by atoms with van der Waals surface area (Å²) in [5.41, 5.74) is 6.90. The van der Waals surface area contributed by atoms with E-state index in [1.54, 1.807) is 24.5 Å². The van der Waals surface area contributed by atoms with Crippen LogP contribution >= 0.6 is 0 Å². The maximum absolute atomic E-state index is 12.4. The molecular weight excluding hydrogens is 364 g/mol. The Morgan fingerprint density at radius 2 is 2.03 bits per heavy atom. The first-order valence-electron chi connectivity index (χ1n) is 9.50. The van der Waals surface area contributed by atoms with Gasteiger partial charge >= 0.3 is 0 Å². The number of hydrazone groups is 1. The van der Waals surface area contributed by atoms with Crippen molar-refractivity contribution in [2.75, 3.05) is 0 Å². The molecule has 0 saturated carbocycles. The summed E-state index contributed by atoms with van der Waals surface area (Å²) in [5.74, 6) is 0.661. The molecule has 2 aromatic heterocycles. The Hall–Kier alpha value is -3.74. The van der Waals surface area contributed by atoms with Crippen LogP contribution in [-0.4, -0.2) is 31.5 Å². The number of fused-ring (bicyclic) bond motifs is 1. The van der Waals surface area contributed by atoms with Crippen molar-refractivity contribution in [1.29, 1.82) is 0 Å². The largest absolute Gasteiger partial charge is 0.329 e. The number of aromatic nitrogens is 4. The second kappa shape index (κ2) is 8.10. The highest BCUT2D eigenvalue weighted by Gasteiger charge is 2.10. The highest BCUT2D eigenvalue weighted by molar-refractivity contribution is 5.97. The van der Waals surface area contributed by atoms with Crippen molar-refractivity contribution in [3.8, 4) is 0 Å². The standard InChI is InChI=1S/C22H22N6O/c1-3-28-16(2)25-20-11-19(9-10-21(20)28)22(29)26-23-12-18-13-24-27(15-18)14-17-7-5-4-6-8-17/h4-13,15H,3,14H2,1-2H3,(H,26,29)/b23-12-. The lowest BCUT2D eigenvalue weighted by atomic mass is 10.2. The number of hydrogen-bond donors (Lipinski definition) is 1. The van der Waals surface area contributed by atoms with Crippen molar-refractivity contribution in [3.63, 3.8) is 0 Å². The van der Waals surface area contributed by atoms with E-state index in [9.17, 15) is 4.79 Å². The van der Waals surface area contributed by atoms with Crippen LogP contribution in [-0.2, 0) is 13.1 Å². The molecule has 0 saturated heterocycles. The number of amides is 1. The molecular formula is C22H22N6O. The molecule has 0 aliphatic carbocycles. The topological polar surface area (TPSA) is 77.1 Å². The smallest absolute Gasteiger partial charge is 0.271 e. The quantitative estimate of drug-likeness (QED) is 0.408. The molecule has 4 aromatic rings. The fourth-order valence-electron chi connectivity index (χ4n) is 3.32. The highest BCUT2D eigenvalue weighted by atomic mass is 16.2. The lowest BCUT2D eigenvalue weighted by molar-refractivity contribution is 0.0955. The van der Waals surface area contributed by atoms with Gasteiger partial charge in [-0.3, -0.25) is 9.48 Å². The number of hydrogen-bond acceptors (Lipinski definition) is 4. The Labute approximate surface area is 168 Å². The van der Waals surface area contributed by atoms with Crippen LogP contribution in [0.4, 0.5) is 0 Å². The van der Waals surface area contributed by atoms with Gasteiger partial charge in [-0.25, -0.2) is 10.4 Å². The fraction of sp³-hybridized carbons (Fsp3) is 0.182. The van der Waals surface area contributed by atoms with E-state index in [2.05, 4.69) is 44.2 Å². The molecule has 2 heterocycles. The molecule has 4 rings (SSSR count). The zero-order chi connectivity index (χ0) is 20.2. The average Bonchev–Trinajstić information content (AvgIpc) is 3.30. The molecule has 1 N–H and O–H groups in total. The second-order valence-corrected chi connectivity index (χ2v) is 6.76. The Bertz CT molecular complexity index is 1170. The Morgan fingerprint density at radius 1 is 1.21 bits per heavy atom. The van der Waals surface area contributed by atoms with Crippen LogP contribution in [0, 0.1) is 6.92 Å². The molecule has 1 amide bonds. The van der Waals surface area contributed by atoms with E-state index in [1.165, 1.54) is 5.56 Å². The minimum Gasteiger partial charge on any atom is -0.329 e. The molecule has 0 fully saturated rings. The second-order valence-electron chi connectivity index (χ2n) is 6.76. The third-order valence-electron chi connectivity index (χ3n) is 4.74. The Morgan fingerprint density at radius 3 is 2.83 bits per heavy atom. The molecule has 7 nitrogen and oxygen atoms in total. The van der Waals surface area contributed by atoms with Crippen LogP contribution < -0.4 is 5.43 Å². The summed E-state index contributed by atoms with van der Waals surface area (Å²) in [6.07, 6.45) is 5.18. The van der Waals surface area contributed by atoms with Crippen LogP contribution in [0.1, 0.15) is 34.2 Å². The van der Waals surface area contributed by atoms with E-state index in [0.29, 0.717) is 12.1 Å². The molecule has 0 bridgehead atoms. The molecule has 0 atom stereocenters. The van der Waals surface area contributed by atoms with E-state index in [0.717, 1.165) is 29.0 Å². The molecule has 2 aromatic carbocycles. The number of imidazole rings is 1. The third kappa shape index (κ3) is 4.08. The first-order valence-corrected chi connectivity index (χ1v) is 9.50. The van der Waals surface area contributed by atoms with Gasteiger partial charge in [-0.1, -0.05) is 30.3 Å². The van der Waals surface area contributed by atoms with E-state index in [-0.39, 0.29) is 5.91 Å². The van der Waals surface area contributed by atoms with Gasteiger partial charge in [0.1, 0.15) is 5.82 Å². The summed E-state index contributed by atoms with van der Waals surface area (Å²) < 4.78 is 3.95. The predicted octanol–water partition coefficient (Wildman–Crippen LogP) is 3.37. The molecule has 7 heteroatoms.